The molecule has 1 aliphatic heterocycles. The van der Waals surface area contributed by atoms with E-state index in [2.05, 4.69) is 31.0 Å². The van der Waals surface area contributed by atoms with Crippen LogP contribution in [0.2, 0.25) is 0 Å². The minimum absolute atomic E-state index is 0.201. The summed E-state index contributed by atoms with van der Waals surface area (Å²) in [6.07, 6.45) is 9.73. The molecule has 1 N–H and O–H groups in total. The molecule has 3 heteroatoms. The third kappa shape index (κ3) is 2.01. The average molecular weight is 264 g/mol. The van der Waals surface area contributed by atoms with Crippen LogP contribution in [0.1, 0.15) is 72.1 Å². The van der Waals surface area contributed by atoms with E-state index in [1.807, 2.05) is 0 Å². The number of rotatable bonds is 1. The van der Waals surface area contributed by atoms with Crippen LogP contribution in [0.5, 0.6) is 0 Å². The summed E-state index contributed by atoms with van der Waals surface area (Å²) in [7, 11) is 0. The topological polar surface area (TPSA) is 32.3 Å². The lowest BCUT2D eigenvalue weighted by atomic mass is 9.72. The van der Waals surface area contributed by atoms with Crippen molar-refractivity contribution in [1.82, 2.24) is 10.2 Å². The van der Waals surface area contributed by atoms with Gasteiger partial charge in [0.25, 0.3) is 0 Å². The van der Waals surface area contributed by atoms with Crippen LogP contribution in [0, 0.1) is 5.41 Å². The van der Waals surface area contributed by atoms with Gasteiger partial charge in [-0.15, -0.1) is 0 Å². The zero-order valence-corrected chi connectivity index (χ0v) is 12.7. The first-order valence-electron chi connectivity index (χ1n) is 8.07. The highest BCUT2D eigenvalue weighted by Crippen LogP contribution is 2.44. The van der Waals surface area contributed by atoms with Crippen molar-refractivity contribution < 1.29 is 4.79 Å². The van der Waals surface area contributed by atoms with Crippen molar-refractivity contribution in [3.05, 3.63) is 0 Å². The normalized spacial score (nSPS) is 37.2. The van der Waals surface area contributed by atoms with Crippen LogP contribution in [0.25, 0.3) is 0 Å². The summed E-state index contributed by atoms with van der Waals surface area (Å²) in [5, 5.41) is 3.64. The van der Waals surface area contributed by atoms with Crippen molar-refractivity contribution in [2.75, 3.05) is 0 Å². The molecule has 3 rings (SSSR count). The Kier molecular flexibility index (Phi) is 3.16. The number of hydrogen-bond donors (Lipinski definition) is 1. The molecule has 108 valence electrons. The largest absolute Gasteiger partial charge is 0.322 e. The van der Waals surface area contributed by atoms with Gasteiger partial charge in [0.2, 0.25) is 5.91 Å². The molecule has 0 aromatic heterocycles. The third-order valence-corrected chi connectivity index (χ3v) is 5.79. The minimum Gasteiger partial charge on any atom is -0.322 e. The molecule has 0 aromatic carbocycles. The summed E-state index contributed by atoms with van der Waals surface area (Å²) < 4.78 is 0. The molecule has 3 nitrogen and oxygen atoms in total. The second kappa shape index (κ2) is 4.47. The van der Waals surface area contributed by atoms with Gasteiger partial charge >= 0.3 is 0 Å². The van der Waals surface area contributed by atoms with Crippen molar-refractivity contribution in [2.24, 2.45) is 5.41 Å². The molecule has 2 atom stereocenters. The monoisotopic (exact) mass is 264 g/mol. The molecule has 19 heavy (non-hydrogen) atoms. The Labute approximate surface area is 117 Å². The van der Waals surface area contributed by atoms with Crippen LogP contribution >= 0.6 is 0 Å². The summed E-state index contributed by atoms with van der Waals surface area (Å²) in [6, 6.07) is 0.427. The van der Waals surface area contributed by atoms with Crippen LogP contribution < -0.4 is 5.32 Å². The number of nitrogens with one attached hydrogen (secondary N) is 1. The van der Waals surface area contributed by atoms with E-state index >= 15 is 0 Å². The van der Waals surface area contributed by atoms with Crippen molar-refractivity contribution in [3.63, 3.8) is 0 Å². The van der Waals surface area contributed by atoms with E-state index in [1.54, 1.807) is 0 Å². The fourth-order valence-corrected chi connectivity index (χ4v) is 4.69. The SMILES string of the molecule is CC1NC2(CCCC2)C(=O)N1C1CCCCC1(C)C. The minimum atomic E-state index is -0.201. The second-order valence-corrected chi connectivity index (χ2v) is 7.57. The van der Waals surface area contributed by atoms with E-state index in [0.29, 0.717) is 11.9 Å². The number of amides is 1. The lowest BCUT2D eigenvalue weighted by molar-refractivity contribution is -0.138. The first-order valence-corrected chi connectivity index (χ1v) is 8.07. The maximum Gasteiger partial charge on any atom is 0.244 e. The molecule has 2 aliphatic carbocycles. The van der Waals surface area contributed by atoms with E-state index in [0.717, 1.165) is 12.8 Å². The van der Waals surface area contributed by atoms with Crippen LogP contribution in [0.4, 0.5) is 0 Å². The molecule has 3 fully saturated rings. The molecule has 0 aromatic rings. The highest BCUT2D eigenvalue weighted by atomic mass is 16.2. The lowest BCUT2D eigenvalue weighted by Crippen LogP contribution is -2.52. The zero-order chi connectivity index (χ0) is 13.7. The Hall–Kier alpha value is -0.570. The van der Waals surface area contributed by atoms with Crippen LogP contribution in [0.15, 0.2) is 0 Å². The molecule has 3 aliphatic rings. The van der Waals surface area contributed by atoms with E-state index in [1.165, 1.54) is 38.5 Å². The quantitative estimate of drug-likeness (QED) is 0.789. The summed E-state index contributed by atoms with van der Waals surface area (Å²) in [4.78, 5) is 15.2. The second-order valence-electron chi connectivity index (χ2n) is 7.57. The molecule has 1 amide bonds. The first kappa shape index (κ1) is 13.4. The molecule has 1 spiro atoms. The summed E-state index contributed by atoms with van der Waals surface area (Å²) in [5.41, 5.74) is 0.0704. The summed E-state index contributed by atoms with van der Waals surface area (Å²) in [6.45, 7) is 6.86. The van der Waals surface area contributed by atoms with Gasteiger partial charge < -0.3 is 4.90 Å². The van der Waals surface area contributed by atoms with Gasteiger partial charge in [0.15, 0.2) is 0 Å². The van der Waals surface area contributed by atoms with Gasteiger partial charge in [-0.05, 0) is 38.0 Å². The summed E-state index contributed by atoms with van der Waals surface area (Å²) in [5.74, 6) is 0.400. The van der Waals surface area contributed by atoms with Gasteiger partial charge in [0.1, 0.15) is 0 Å². The van der Waals surface area contributed by atoms with Crippen molar-refractivity contribution >= 4 is 5.91 Å². The molecule has 0 radical (unpaired) electrons. The predicted octanol–water partition coefficient (Wildman–Crippen LogP) is 3.05. The van der Waals surface area contributed by atoms with Gasteiger partial charge in [-0.1, -0.05) is 39.5 Å². The summed E-state index contributed by atoms with van der Waals surface area (Å²) >= 11 is 0. The zero-order valence-electron chi connectivity index (χ0n) is 12.7. The van der Waals surface area contributed by atoms with Crippen molar-refractivity contribution in [2.45, 2.75) is 89.9 Å². The van der Waals surface area contributed by atoms with Crippen LogP contribution in [-0.4, -0.2) is 28.6 Å². The molecule has 1 saturated heterocycles. The van der Waals surface area contributed by atoms with Gasteiger partial charge in [-0.2, -0.15) is 0 Å². The molecule has 0 bridgehead atoms. The van der Waals surface area contributed by atoms with E-state index in [4.69, 9.17) is 0 Å². The Morgan fingerprint density at radius 3 is 2.37 bits per heavy atom. The number of nitrogens with zero attached hydrogens (tertiary/aromatic N) is 1. The maximum absolute atomic E-state index is 13.0. The smallest absolute Gasteiger partial charge is 0.244 e. The molecule has 2 unspecified atom stereocenters. The number of hydrogen-bond acceptors (Lipinski definition) is 2. The number of carbonyl (C=O) groups excluding carboxylic acids is 1. The van der Waals surface area contributed by atoms with E-state index in [9.17, 15) is 4.79 Å². The molecular weight excluding hydrogens is 236 g/mol. The van der Waals surface area contributed by atoms with E-state index < -0.39 is 0 Å². The highest BCUT2D eigenvalue weighted by molar-refractivity contribution is 5.89. The molecule has 2 saturated carbocycles. The van der Waals surface area contributed by atoms with Gasteiger partial charge in [-0.25, -0.2) is 0 Å². The lowest BCUT2D eigenvalue weighted by Gasteiger charge is -2.45. The average Bonchev–Trinajstić information content (AvgIpc) is 2.88. The predicted molar refractivity (Wildman–Crippen MR) is 76.7 cm³/mol. The van der Waals surface area contributed by atoms with Gasteiger partial charge in [0, 0.05) is 6.04 Å². The van der Waals surface area contributed by atoms with Crippen molar-refractivity contribution in [1.29, 1.82) is 0 Å². The Balaban J connectivity index is 1.86. The van der Waals surface area contributed by atoms with Crippen LogP contribution in [-0.2, 0) is 4.79 Å². The van der Waals surface area contributed by atoms with Crippen LogP contribution in [0.3, 0.4) is 0 Å². The molecule has 1 heterocycles. The fourth-order valence-electron chi connectivity index (χ4n) is 4.69. The maximum atomic E-state index is 13.0. The fraction of sp³-hybridized carbons (Fsp3) is 0.938. The Morgan fingerprint density at radius 1 is 1.11 bits per heavy atom. The number of carbonyl (C=O) groups is 1. The highest BCUT2D eigenvalue weighted by Gasteiger charge is 2.54. The Morgan fingerprint density at radius 2 is 1.74 bits per heavy atom. The first-order chi connectivity index (χ1) is 8.96. The Bertz CT molecular complexity index is 371. The molecular formula is C16H28N2O. The van der Waals surface area contributed by atoms with Gasteiger partial charge in [0.05, 0.1) is 11.7 Å². The van der Waals surface area contributed by atoms with Crippen molar-refractivity contribution in [3.8, 4) is 0 Å². The van der Waals surface area contributed by atoms with Gasteiger partial charge in [-0.3, -0.25) is 10.1 Å². The third-order valence-electron chi connectivity index (χ3n) is 5.79. The van der Waals surface area contributed by atoms with E-state index in [-0.39, 0.29) is 17.1 Å². The standard InChI is InChI=1S/C16H28N2O/c1-12-17-16(10-6-7-11-16)14(19)18(12)13-8-4-5-9-15(13,2)3/h12-13,17H,4-11H2,1-3H3.